The molecule has 4 aromatic rings. The van der Waals surface area contributed by atoms with E-state index >= 15 is 0 Å². The van der Waals surface area contributed by atoms with Crippen LogP contribution in [0.5, 0.6) is 0 Å². The molecule has 0 saturated heterocycles. The summed E-state index contributed by atoms with van der Waals surface area (Å²) in [5.74, 6) is 0. The summed E-state index contributed by atoms with van der Waals surface area (Å²) in [5.41, 5.74) is 4.11. The molecular formula is C12H8N4. The van der Waals surface area contributed by atoms with Gasteiger partial charge in [0.05, 0.1) is 17.2 Å². The standard InChI is InChI=1S/C12H8N4/c1-2-4-10-9(3-1)14-11-6-8-15-12(16(10)11)5-7-13-15/h1-8H. The molecule has 4 rings (SSSR count). The normalized spacial score (nSPS) is 11.8. The smallest absolute Gasteiger partial charge is 0.141 e. The van der Waals surface area contributed by atoms with E-state index in [0.29, 0.717) is 0 Å². The van der Waals surface area contributed by atoms with Crippen LogP contribution in [0.3, 0.4) is 0 Å². The molecular weight excluding hydrogens is 200 g/mol. The highest BCUT2D eigenvalue weighted by atomic mass is 15.3. The van der Waals surface area contributed by atoms with E-state index in [1.807, 2.05) is 41.0 Å². The molecule has 3 heterocycles. The first-order chi connectivity index (χ1) is 7.93. The number of imidazole rings is 1. The SMILES string of the molecule is c1ccc2c(c1)nc1ccn3nccc3n12. The van der Waals surface area contributed by atoms with Gasteiger partial charge in [-0.1, -0.05) is 12.1 Å². The van der Waals surface area contributed by atoms with Crippen molar-refractivity contribution >= 4 is 22.3 Å². The van der Waals surface area contributed by atoms with Gasteiger partial charge in [-0.3, -0.25) is 4.40 Å². The number of nitrogens with zero attached hydrogens (tertiary/aromatic N) is 4. The first kappa shape index (κ1) is 7.87. The van der Waals surface area contributed by atoms with E-state index < -0.39 is 0 Å². The van der Waals surface area contributed by atoms with Gasteiger partial charge in [0.25, 0.3) is 0 Å². The predicted octanol–water partition coefficient (Wildman–Crippen LogP) is 2.14. The Bertz CT molecular complexity index is 809. The summed E-state index contributed by atoms with van der Waals surface area (Å²) in [6, 6.07) is 12.1. The number of hydrogen-bond acceptors (Lipinski definition) is 2. The van der Waals surface area contributed by atoms with Gasteiger partial charge in [0, 0.05) is 12.3 Å². The molecule has 16 heavy (non-hydrogen) atoms. The maximum Gasteiger partial charge on any atom is 0.141 e. The molecule has 0 aliphatic rings. The number of rotatable bonds is 0. The van der Waals surface area contributed by atoms with Crippen LogP contribution in [0.15, 0.2) is 48.8 Å². The highest BCUT2D eigenvalue weighted by molar-refractivity contribution is 5.82. The van der Waals surface area contributed by atoms with E-state index in [1.165, 1.54) is 0 Å². The molecule has 0 aliphatic heterocycles. The average Bonchev–Trinajstić information content (AvgIpc) is 2.91. The minimum absolute atomic E-state index is 0.953. The van der Waals surface area contributed by atoms with Crippen molar-refractivity contribution in [3.8, 4) is 0 Å². The zero-order chi connectivity index (χ0) is 10.5. The molecule has 0 unspecified atom stereocenters. The predicted molar refractivity (Wildman–Crippen MR) is 61.4 cm³/mol. The average molecular weight is 208 g/mol. The quantitative estimate of drug-likeness (QED) is 0.443. The van der Waals surface area contributed by atoms with Crippen LogP contribution in [-0.2, 0) is 0 Å². The van der Waals surface area contributed by atoms with E-state index in [9.17, 15) is 0 Å². The van der Waals surface area contributed by atoms with Gasteiger partial charge in [-0.05, 0) is 18.2 Å². The van der Waals surface area contributed by atoms with Crippen molar-refractivity contribution < 1.29 is 0 Å². The third kappa shape index (κ3) is 0.839. The lowest BCUT2D eigenvalue weighted by Crippen LogP contribution is -1.93. The Kier molecular flexibility index (Phi) is 1.28. The molecule has 76 valence electrons. The Hall–Kier alpha value is -2.36. The molecule has 0 N–H and O–H groups in total. The Morgan fingerprint density at radius 3 is 2.94 bits per heavy atom. The van der Waals surface area contributed by atoms with Crippen molar-refractivity contribution in [3.05, 3.63) is 48.8 Å². The van der Waals surface area contributed by atoms with Crippen LogP contribution in [0.25, 0.3) is 22.3 Å². The van der Waals surface area contributed by atoms with Crippen LogP contribution >= 0.6 is 0 Å². The molecule has 0 atom stereocenters. The fourth-order valence-electron chi connectivity index (χ4n) is 2.13. The van der Waals surface area contributed by atoms with Crippen molar-refractivity contribution in [1.82, 2.24) is 19.0 Å². The number of aromatic nitrogens is 4. The summed E-state index contributed by atoms with van der Waals surface area (Å²) in [4.78, 5) is 4.57. The molecule has 0 bridgehead atoms. The van der Waals surface area contributed by atoms with Crippen molar-refractivity contribution in [3.63, 3.8) is 0 Å². The van der Waals surface area contributed by atoms with Gasteiger partial charge in [-0.2, -0.15) is 5.10 Å². The largest absolute Gasteiger partial charge is 0.277 e. The van der Waals surface area contributed by atoms with Gasteiger partial charge >= 0.3 is 0 Å². The van der Waals surface area contributed by atoms with Crippen LogP contribution < -0.4 is 0 Å². The van der Waals surface area contributed by atoms with E-state index in [-0.39, 0.29) is 0 Å². The summed E-state index contributed by atoms with van der Waals surface area (Å²) >= 11 is 0. The third-order valence-electron chi connectivity index (χ3n) is 2.83. The fourth-order valence-corrected chi connectivity index (χ4v) is 2.13. The Morgan fingerprint density at radius 2 is 1.94 bits per heavy atom. The number of para-hydroxylation sites is 2. The molecule has 0 radical (unpaired) electrons. The minimum Gasteiger partial charge on any atom is -0.277 e. The molecule has 3 aromatic heterocycles. The molecule has 4 heteroatoms. The Morgan fingerprint density at radius 1 is 1.00 bits per heavy atom. The Balaban J connectivity index is 2.42. The highest BCUT2D eigenvalue weighted by Crippen LogP contribution is 2.18. The van der Waals surface area contributed by atoms with Crippen LogP contribution in [-0.4, -0.2) is 19.0 Å². The van der Waals surface area contributed by atoms with E-state index in [2.05, 4.69) is 20.5 Å². The second-order valence-corrected chi connectivity index (χ2v) is 3.74. The maximum atomic E-state index is 4.57. The maximum absolute atomic E-state index is 4.57. The number of hydrogen-bond donors (Lipinski definition) is 0. The summed E-state index contributed by atoms with van der Waals surface area (Å²) in [5, 5.41) is 4.22. The van der Waals surface area contributed by atoms with E-state index in [0.717, 1.165) is 22.3 Å². The number of fused-ring (bicyclic) bond motifs is 5. The molecule has 0 aliphatic carbocycles. The third-order valence-corrected chi connectivity index (χ3v) is 2.83. The first-order valence-electron chi connectivity index (χ1n) is 5.13. The molecule has 0 fully saturated rings. The zero-order valence-corrected chi connectivity index (χ0v) is 8.41. The lowest BCUT2D eigenvalue weighted by Gasteiger charge is -1.98. The summed E-state index contributed by atoms with van der Waals surface area (Å²) in [7, 11) is 0. The van der Waals surface area contributed by atoms with Gasteiger partial charge in [0.1, 0.15) is 11.3 Å². The molecule has 1 aromatic carbocycles. The van der Waals surface area contributed by atoms with Gasteiger partial charge in [-0.15, -0.1) is 0 Å². The van der Waals surface area contributed by atoms with Crippen LogP contribution in [0, 0.1) is 0 Å². The van der Waals surface area contributed by atoms with Gasteiger partial charge < -0.3 is 0 Å². The second kappa shape index (κ2) is 2.61. The van der Waals surface area contributed by atoms with Crippen LogP contribution in [0.1, 0.15) is 0 Å². The number of benzene rings is 1. The van der Waals surface area contributed by atoms with Crippen molar-refractivity contribution in [2.24, 2.45) is 0 Å². The van der Waals surface area contributed by atoms with Gasteiger partial charge in [0.2, 0.25) is 0 Å². The van der Waals surface area contributed by atoms with Crippen LogP contribution in [0.2, 0.25) is 0 Å². The van der Waals surface area contributed by atoms with E-state index in [4.69, 9.17) is 0 Å². The topological polar surface area (TPSA) is 34.6 Å². The summed E-state index contributed by atoms with van der Waals surface area (Å²) in [6.07, 6.45) is 3.72. The van der Waals surface area contributed by atoms with Crippen molar-refractivity contribution in [1.29, 1.82) is 0 Å². The molecule has 0 spiro atoms. The van der Waals surface area contributed by atoms with E-state index in [1.54, 1.807) is 6.20 Å². The van der Waals surface area contributed by atoms with Crippen LogP contribution in [0.4, 0.5) is 0 Å². The van der Waals surface area contributed by atoms with Gasteiger partial charge in [-0.25, -0.2) is 9.50 Å². The lowest BCUT2D eigenvalue weighted by atomic mass is 10.3. The molecule has 4 nitrogen and oxygen atoms in total. The van der Waals surface area contributed by atoms with Crippen molar-refractivity contribution in [2.75, 3.05) is 0 Å². The Labute approximate surface area is 90.8 Å². The zero-order valence-electron chi connectivity index (χ0n) is 8.41. The second-order valence-electron chi connectivity index (χ2n) is 3.74. The highest BCUT2D eigenvalue weighted by Gasteiger charge is 2.06. The lowest BCUT2D eigenvalue weighted by molar-refractivity contribution is 0.933. The van der Waals surface area contributed by atoms with Crippen molar-refractivity contribution in [2.45, 2.75) is 0 Å². The molecule has 0 saturated carbocycles. The first-order valence-corrected chi connectivity index (χ1v) is 5.13. The summed E-state index contributed by atoms with van der Waals surface area (Å²) < 4.78 is 3.96. The van der Waals surface area contributed by atoms with Gasteiger partial charge in [0.15, 0.2) is 0 Å². The molecule has 0 amide bonds. The fraction of sp³-hybridized carbons (Fsp3) is 0. The monoisotopic (exact) mass is 208 g/mol. The summed E-state index contributed by atoms with van der Waals surface area (Å²) in [6.45, 7) is 0. The minimum atomic E-state index is 0.953.